The van der Waals surface area contributed by atoms with Gasteiger partial charge in [0.15, 0.2) is 5.78 Å². The zero-order chi connectivity index (χ0) is 47.2. The minimum absolute atomic E-state index is 0. The molecule has 2 atom stereocenters. The monoisotopic (exact) mass is 914 g/mol. The number of fused-ring (bicyclic) bond motifs is 2. The van der Waals surface area contributed by atoms with Crippen molar-refractivity contribution < 1.29 is 14.7 Å². The fraction of sp³-hybridized carbons (Fsp3) is 0.418. The van der Waals surface area contributed by atoms with E-state index in [-0.39, 0.29) is 57.9 Å². The predicted molar refractivity (Wildman–Crippen MR) is 272 cm³/mol. The first-order chi connectivity index (χ1) is 30.9. The number of hydrogen-bond acceptors (Lipinski definition) is 7. The number of carboxylic acids is 1. The van der Waals surface area contributed by atoms with Crippen LogP contribution in [0.1, 0.15) is 167 Å². The normalized spacial score (nSPS) is 16.8. The Labute approximate surface area is 399 Å². The van der Waals surface area contributed by atoms with Crippen LogP contribution < -0.4 is 16.4 Å². The number of nitrogens with one attached hydrogen (secondary N) is 2. The number of hydrogen-bond donors (Lipinski definition) is 4. The molecule has 6 aromatic rings. The summed E-state index contributed by atoms with van der Waals surface area (Å²) in [5, 5.41) is 25.1. The summed E-state index contributed by atoms with van der Waals surface area (Å²) >= 11 is 0. The van der Waals surface area contributed by atoms with Crippen molar-refractivity contribution in [2.75, 3.05) is 10.6 Å². The smallest absolute Gasteiger partial charge is 0.341 e. The van der Waals surface area contributed by atoms with Gasteiger partial charge in [-0.05, 0) is 102 Å². The summed E-state index contributed by atoms with van der Waals surface area (Å²) in [6.45, 7) is 21.4. The first-order valence-electron chi connectivity index (χ1n) is 23.4. The second kappa shape index (κ2) is 21.3. The van der Waals surface area contributed by atoms with Gasteiger partial charge in [0.1, 0.15) is 17.2 Å². The largest absolute Gasteiger partial charge is 0.477 e. The number of rotatable bonds is 12. The number of carbonyl (C=O) groups is 2. The van der Waals surface area contributed by atoms with E-state index in [1.165, 1.54) is 34.0 Å². The van der Waals surface area contributed by atoms with Gasteiger partial charge in [-0.15, -0.1) is 12.4 Å². The summed E-state index contributed by atoms with van der Waals surface area (Å²) in [4.78, 5) is 25.0. The molecule has 0 saturated carbocycles. The van der Waals surface area contributed by atoms with Crippen LogP contribution in [-0.4, -0.2) is 36.4 Å². The summed E-state index contributed by atoms with van der Waals surface area (Å²) in [6, 6.07) is 38.0. The number of aromatic carboxylic acids is 1. The van der Waals surface area contributed by atoms with Gasteiger partial charge in [0.2, 0.25) is 0 Å². The van der Waals surface area contributed by atoms with Crippen LogP contribution in [0.5, 0.6) is 0 Å². The van der Waals surface area contributed by atoms with Gasteiger partial charge in [0, 0.05) is 17.4 Å². The minimum atomic E-state index is -0.955. The summed E-state index contributed by atoms with van der Waals surface area (Å²) in [7, 11) is 0. The minimum Gasteiger partial charge on any atom is -0.477 e. The highest BCUT2D eigenvalue weighted by atomic mass is 35.5. The number of aromatic nitrogens is 4. The van der Waals surface area contributed by atoms with Crippen molar-refractivity contribution >= 4 is 35.8 Å². The molecule has 0 radical (unpaired) electrons. The molecule has 10 nitrogen and oxygen atoms in total. The number of carbonyl (C=O) groups excluding carboxylic acids is 1. The van der Waals surface area contributed by atoms with Crippen LogP contribution >= 0.6 is 12.4 Å². The molecule has 4 heterocycles. The topological polar surface area (TPSA) is 140 Å². The summed E-state index contributed by atoms with van der Waals surface area (Å²) in [6.07, 6.45) is 9.27. The van der Waals surface area contributed by atoms with Gasteiger partial charge in [0.05, 0.1) is 41.1 Å². The zero-order valence-electron chi connectivity index (χ0n) is 40.7. The SMILES string of the molecule is CC1(C)CC(c2ccccc2)Nc2c(C(=O)O)cnn21.CCC(CC)(CC(=O)c1cnn2c1NC(c1ccccc1)CC2(C)C)c1ccc(C)cc1.CCC(N)(CC)c1ccc(C)cc1.Cl. The zero-order valence-corrected chi connectivity index (χ0v) is 41.5. The number of nitrogens with two attached hydrogens (primary N) is 1. The Morgan fingerprint density at radius 3 is 1.42 bits per heavy atom. The van der Waals surface area contributed by atoms with E-state index in [0.717, 1.165) is 49.9 Å². The van der Waals surface area contributed by atoms with E-state index < -0.39 is 5.97 Å². The number of Topliss-reactive ketones (excluding diaryl/α,β-unsaturated/α-hetero) is 1. The molecule has 0 amide bonds. The maximum Gasteiger partial charge on any atom is 0.341 e. The number of carboxylic acid groups (broad SMARTS) is 1. The Kier molecular flexibility index (Phi) is 16.5. The fourth-order valence-corrected chi connectivity index (χ4v) is 9.49. The maximum absolute atomic E-state index is 13.7. The Morgan fingerprint density at radius 1 is 0.636 bits per heavy atom. The molecule has 4 aromatic carbocycles. The van der Waals surface area contributed by atoms with Gasteiger partial charge in [0.25, 0.3) is 0 Å². The lowest BCUT2D eigenvalue weighted by Gasteiger charge is -2.38. The molecule has 0 fully saturated rings. The Balaban J connectivity index is 0.000000205. The summed E-state index contributed by atoms with van der Waals surface area (Å²) in [5.41, 5.74) is 13.9. The fourth-order valence-electron chi connectivity index (χ4n) is 9.49. The second-order valence-corrected chi connectivity index (χ2v) is 19.4. The van der Waals surface area contributed by atoms with Crippen molar-refractivity contribution in [2.24, 2.45) is 5.73 Å². The predicted octanol–water partition coefficient (Wildman–Crippen LogP) is 13.1. The van der Waals surface area contributed by atoms with Crippen LogP contribution in [0.15, 0.2) is 122 Å². The van der Waals surface area contributed by atoms with Crippen LogP contribution in [0, 0.1) is 13.8 Å². The van der Waals surface area contributed by atoms with Gasteiger partial charge in [-0.25, -0.2) is 14.2 Å². The van der Waals surface area contributed by atoms with Crippen LogP contribution in [0.3, 0.4) is 0 Å². The highest BCUT2D eigenvalue weighted by Crippen LogP contribution is 2.43. The third-order valence-corrected chi connectivity index (χ3v) is 14.1. The lowest BCUT2D eigenvalue weighted by molar-refractivity contribution is 0.0697. The van der Waals surface area contributed by atoms with Gasteiger partial charge in [-0.1, -0.05) is 148 Å². The first-order valence-corrected chi connectivity index (χ1v) is 23.4. The molecule has 0 saturated heterocycles. The van der Waals surface area contributed by atoms with Gasteiger partial charge in [-0.3, -0.25) is 4.79 Å². The molecular formula is C55H72ClN7O3. The maximum atomic E-state index is 13.7. The molecule has 2 aliphatic rings. The molecular weight excluding hydrogens is 842 g/mol. The van der Waals surface area contributed by atoms with E-state index in [1.807, 2.05) is 28.9 Å². The van der Waals surface area contributed by atoms with Crippen LogP contribution in [0.25, 0.3) is 0 Å². The van der Waals surface area contributed by atoms with E-state index in [0.29, 0.717) is 17.8 Å². The lowest BCUT2D eigenvalue weighted by atomic mass is 9.71. The molecule has 66 heavy (non-hydrogen) atoms. The highest BCUT2D eigenvalue weighted by Gasteiger charge is 2.39. The molecule has 5 N–H and O–H groups in total. The van der Waals surface area contributed by atoms with Crippen molar-refractivity contribution in [2.45, 2.75) is 148 Å². The second-order valence-electron chi connectivity index (χ2n) is 19.4. The van der Waals surface area contributed by atoms with E-state index >= 15 is 0 Å². The van der Waals surface area contributed by atoms with Crippen LogP contribution in [0.2, 0.25) is 0 Å². The first kappa shape index (κ1) is 51.3. The molecule has 8 rings (SSSR count). The number of benzene rings is 4. The number of nitrogens with zero attached hydrogens (tertiary/aromatic N) is 4. The van der Waals surface area contributed by atoms with E-state index in [1.54, 1.807) is 10.9 Å². The highest BCUT2D eigenvalue weighted by molar-refractivity contribution is 6.01. The van der Waals surface area contributed by atoms with E-state index in [4.69, 9.17) is 5.73 Å². The van der Waals surface area contributed by atoms with Crippen molar-refractivity contribution in [3.63, 3.8) is 0 Å². The Morgan fingerprint density at radius 2 is 1.03 bits per heavy atom. The van der Waals surface area contributed by atoms with Gasteiger partial charge < -0.3 is 21.5 Å². The standard InChI is InChI=1S/C28H35N3O.C15H17N3O2.C12H19N.ClH/c1-6-28(7-2,22-15-13-20(3)14-16-22)18-25(32)23-19-29-31-26(23)30-24(17-27(31,4)5)21-11-9-8-10-12-21;1-15(2)8-12(10-6-4-3-5-7-10)17-13-11(14(19)20)9-16-18(13)15;1-4-12(13,5-2)11-8-6-10(3)7-9-11;/h8-16,19,24,30H,6-7,17-18H2,1-5H3;3-7,9,12,17H,8H2,1-2H3,(H,19,20);6-9H,4-5,13H2,1-3H3;1H. The molecule has 2 aliphatic heterocycles. The number of ketones is 1. The van der Waals surface area contributed by atoms with E-state index in [9.17, 15) is 14.7 Å². The summed E-state index contributed by atoms with van der Waals surface area (Å²) < 4.78 is 3.78. The third-order valence-electron chi connectivity index (χ3n) is 14.1. The molecule has 352 valence electrons. The molecule has 2 unspecified atom stereocenters. The molecule has 11 heteroatoms. The lowest BCUT2D eigenvalue weighted by Crippen LogP contribution is -2.38. The quantitative estimate of drug-likeness (QED) is 0.0890. The number of anilines is 2. The van der Waals surface area contributed by atoms with Crippen molar-refractivity contribution in [3.8, 4) is 0 Å². The molecule has 0 spiro atoms. The molecule has 0 bridgehead atoms. The Bertz CT molecular complexity index is 2500. The number of aryl methyl sites for hydroxylation is 2. The van der Waals surface area contributed by atoms with E-state index in [2.05, 4.69) is 175 Å². The molecule has 0 aliphatic carbocycles. The summed E-state index contributed by atoms with van der Waals surface area (Å²) in [5.74, 6) is 0.642. The number of halogens is 1. The third kappa shape index (κ3) is 11.1. The Hall–Kier alpha value is -5.71. The van der Waals surface area contributed by atoms with Crippen LogP contribution in [-0.2, 0) is 22.0 Å². The van der Waals surface area contributed by atoms with Crippen molar-refractivity contribution in [1.29, 1.82) is 0 Å². The molecule has 2 aromatic heterocycles. The average Bonchev–Trinajstić information content (AvgIpc) is 3.96. The van der Waals surface area contributed by atoms with Crippen LogP contribution in [0.4, 0.5) is 11.6 Å². The van der Waals surface area contributed by atoms with Gasteiger partial charge >= 0.3 is 5.97 Å². The average molecular weight is 915 g/mol. The van der Waals surface area contributed by atoms with Gasteiger partial charge in [-0.2, -0.15) is 10.2 Å². The van der Waals surface area contributed by atoms with Crippen molar-refractivity contribution in [1.82, 2.24) is 19.6 Å². The van der Waals surface area contributed by atoms with Crippen molar-refractivity contribution in [3.05, 3.63) is 166 Å².